The Bertz CT molecular complexity index is 859. The highest BCUT2D eigenvalue weighted by Gasteiger charge is 2.16. The number of nitro groups is 1. The highest BCUT2D eigenvalue weighted by molar-refractivity contribution is 6.00. The molecule has 26 heavy (non-hydrogen) atoms. The lowest BCUT2D eigenvalue weighted by Gasteiger charge is -2.07. The van der Waals surface area contributed by atoms with E-state index in [0.29, 0.717) is 5.56 Å². The number of hydrogen-bond donors (Lipinski definition) is 0. The van der Waals surface area contributed by atoms with Gasteiger partial charge in [-0.15, -0.1) is 0 Å². The van der Waals surface area contributed by atoms with E-state index in [4.69, 9.17) is 9.15 Å². The van der Waals surface area contributed by atoms with E-state index in [-0.39, 0.29) is 18.2 Å². The molecule has 0 fully saturated rings. The maximum Gasteiger partial charge on any atom is 0.433 e. The van der Waals surface area contributed by atoms with Crippen molar-refractivity contribution in [1.82, 2.24) is 4.57 Å². The molecule has 2 aromatic rings. The van der Waals surface area contributed by atoms with Crippen molar-refractivity contribution in [3.8, 4) is 0 Å². The monoisotopic (exact) mass is 360 g/mol. The molecule has 0 radical (unpaired) electrons. The smallest absolute Gasteiger partial charge is 0.433 e. The highest BCUT2D eigenvalue weighted by atomic mass is 16.6. The van der Waals surface area contributed by atoms with Crippen LogP contribution in [0.15, 0.2) is 28.7 Å². The number of esters is 1. The van der Waals surface area contributed by atoms with Crippen LogP contribution < -0.4 is 0 Å². The third-order valence-electron chi connectivity index (χ3n) is 3.84. The molecular weight excluding hydrogens is 340 g/mol. The molecule has 0 bridgehead atoms. The van der Waals surface area contributed by atoms with Gasteiger partial charge in [0.05, 0.1) is 6.07 Å². The van der Waals surface area contributed by atoms with Gasteiger partial charge in [0.25, 0.3) is 0 Å². The Morgan fingerprint density at radius 3 is 2.69 bits per heavy atom. The van der Waals surface area contributed by atoms with Gasteiger partial charge in [-0.25, -0.2) is 4.79 Å². The largest absolute Gasteiger partial charge is 0.454 e. The van der Waals surface area contributed by atoms with E-state index >= 15 is 0 Å². The summed E-state index contributed by atoms with van der Waals surface area (Å²) in [4.78, 5) is 33.8. The summed E-state index contributed by atoms with van der Waals surface area (Å²) in [7, 11) is 0. The van der Waals surface area contributed by atoms with E-state index in [1.165, 1.54) is 18.2 Å². The van der Waals surface area contributed by atoms with Crippen molar-refractivity contribution in [3.05, 3.63) is 57.1 Å². The highest BCUT2D eigenvalue weighted by Crippen LogP contribution is 2.17. The molecule has 0 unspecified atom stereocenters. The van der Waals surface area contributed by atoms with Gasteiger partial charge in [0.1, 0.15) is 10.7 Å². The predicted molar refractivity (Wildman–Crippen MR) is 93.9 cm³/mol. The van der Waals surface area contributed by atoms with Gasteiger partial charge >= 0.3 is 11.9 Å². The first-order valence-corrected chi connectivity index (χ1v) is 8.12. The van der Waals surface area contributed by atoms with Gasteiger partial charge in [-0.1, -0.05) is 6.92 Å². The maximum atomic E-state index is 12.3. The molecule has 0 saturated heterocycles. The Kier molecular flexibility index (Phi) is 6.11. The van der Waals surface area contributed by atoms with Crippen LogP contribution in [0.2, 0.25) is 0 Å². The van der Waals surface area contributed by atoms with Crippen molar-refractivity contribution >= 4 is 23.7 Å². The minimum atomic E-state index is -0.736. The second-order valence-electron chi connectivity index (χ2n) is 5.73. The number of carbonyl (C=O) groups excluding carboxylic acids is 2. The number of nitrogens with zero attached hydrogens (tertiary/aromatic N) is 2. The van der Waals surface area contributed by atoms with E-state index in [1.807, 2.05) is 13.8 Å². The predicted octanol–water partition coefficient (Wildman–Crippen LogP) is 3.46. The van der Waals surface area contributed by atoms with E-state index in [1.54, 1.807) is 6.07 Å². The second kappa shape index (κ2) is 8.28. The standard InChI is InChI=1S/C18H20N2O6/c1-4-9-19-12(2)10-15(13(19)3)16(21)11-25-18(22)8-6-14-5-7-17(26-14)20(23)24/h5-8,10H,4,9,11H2,1-3H3/b8-6+. The van der Waals surface area contributed by atoms with Crippen LogP contribution in [0.3, 0.4) is 0 Å². The zero-order valence-corrected chi connectivity index (χ0v) is 14.9. The molecule has 0 aliphatic rings. The lowest BCUT2D eigenvalue weighted by Crippen LogP contribution is -2.13. The molecule has 0 N–H and O–H groups in total. The third kappa shape index (κ3) is 4.47. The van der Waals surface area contributed by atoms with E-state index < -0.39 is 16.8 Å². The molecular formula is C18H20N2O6. The summed E-state index contributed by atoms with van der Waals surface area (Å²) in [5, 5.41) is 10.5. The number of furan rings is 1. The quantitative estimate of drug-likeness (QED) is 0.235. The molecule has 0 amide bonds. The Morgan fingerprint density at radius 1 is 1.35 bits per heavy atom. The number of ketones is 1. The molecule has 2 aromatic heterocycles. The van der Waals surface area contributed by atoms with E-state index in [2.05, 4.69) is 11.5 Å². The lowest BCUT2D eigenvalue weighted by atomic mass is 10.1. The first-order chi connectivity index (χ1) is 12.3. The number of ether oxygens (including phenoxy) is 1. The van der Waals surface area contributed by atoms with Crippen molar-refractivity contribution < 1.29 is 23.7 Å². The molecule has 0 spiro atoms. The summed E-state index contributed by atoms with van der Waals surface area (Å²) < 4.78 is 11.9. The van der Waals surface area contributed by atoms with E-state index in [9.17, 15) is 19.7 Å². The average Bonchev–Trinajstić information content (AvgIpc) is 3.18. The topological polar surface area (TPSA) is 105 Å². The van der Waals surface area contributed by atoms with E-state index in [0.717, 1.165) is 30.4 Å². The van der Waals surface area contributed by atoms with Crippen LogP contribution in [0.4, 0.5) is 5.88 Å². The second-order valence-corrected chi connectivity index (χ2v) is 5.73. The number of carbonyl (C=O) groups is 2. The normalized spacial score (nSPS) is 11.0. The number of aryl methyl sites for hydroxylation is 1. The Morgan fingerprint density at radius 2 is 2.08 bits per heavy atom. The molecule has 138 valence electrons. The SMILES string of the molecule is CCCn1c(C)cc(C(=O)COC(=O)/C=C/c2ccc([N+](=O)[O-])o2)c1C. The fourth-order valence-corrected chi connectivity index (χ4v) is 2.59. The van der Waals surface area contributed by atoms with Gasteiger partial charge in [0, 0.05) is 29.6 Å². The van der Waals surface area contributed by atoms with Crippen molar-refractivity contribution in [2.45, 2.75) is 33.7 Å². The summed E-state index contributed by atoms with van der Waals surface area (Å²) in [6.45, 7) is 6.29. The summed E-state index contributed by atoms with van der Waals surface area (Å²) in [6, 6.07) is 4.33. The van der Waals surface area contributed by atoms with Crippen molar-refractivity contribution in [3.63, 3.8) is 0 Å². The Hall–Kier alpha value is -3.16. The Balaban J connectivity index is 1.94. The zero-order chi connectivity index (χ0) is 19.3. The molecule has 0 saturated carbocycles. The number of hydrogen-bond acceptors (Lipinski definition) is 6. The third-order valence-corrected chi connectivity index (χ3v) is 3.84. The van der Waals surface area contributed by atoms with Crippen LogP contribution in [0.25, 0.3) is 6.08 Å². The van der Waals surface area contributed by atoms with Gasteiger partial charge < -0.3 is 13.7 Å². The number of aromatic nitrogens is 1. The van der Waals surface area contributed by atoms with Gasteiger partial charge in [0.15, 0.2) is 6.61 Å². The van der Waals surface area contributed by atoms with Crippen LogP contribution >= 0.6 is 0 Å². The molecule has 2 heterocycles. The first kappa shape index (κ1) is 19.2. The molecule has 8 heteroatoms. The van der Waals surface area contributed by atoms with Crippen LogP contribution in [-0.4, -0.2) is 27.8 Å². The van der Waals surface area contributed by atoms with Gasteiger partial charge in [-0.2, -0.15) is 0 Å². The van der Waals surface area contributed by atoms with Crippen molar-refractivity contribution in [1.29, 1.82) is 0 Å². The van der Waals surface area contributed by atoms with Gasteiger partial charge in [-0.3, -0.25) is 14.9 Å². The lowest BCUT2D eigenvalue weighted by molar-refractivity contribution is -0.402. The number of rotatable bonds is 8. The fraction of sp³-hybridized carbons (Fsp3) is 0.333. The van der Waals surface area contributed by atoms with Crippen molar-refractivity contribution in [2.75, 3.05) is 6.61 Å². The van der Waals surface area contributed by atoms with Crippen LogP contribution in [0.5, 0.6) is 0 Å². The molecule has 0 aliphatic heterocycles. The van der Waals surface area contributed by atoms with Gasteiger partial charge in [-0.05, 0) is 38.5 Å². The summed E-state index contributed by atoms with van der Waals surface area (Å²) in [5.41, 5.74) is 2.37. The average molecular weight is 360 g/mol. The first-order valence-electron chi connectivity index (χ1n) is 8.12. The van der Waals surface area contributed by atoms with Crippen LogP contribution in [0.1, 0.15) is 40.9 Å². The number of Topliss-reactive ketones (excluding diaryl/α,β-unsaturated/α-hetero) is 1. The molecule has 0 aromatic carbocycles. The van der Waals surface area contributed by atoms with Gasteiger partial charge in [0.2, 0.25) is 5.78 Å². The summed E-state index contributed by atoms with van der Waals surface area (Å²) in [5.74, 6) is -1.30. The minimum absolute atomic E-state index is 0.142. The molecule has 0 atom stereocenters. The van der Waals surface area contributed by atoms with Crippen molar-refractivity contribution in [2.24, 2.45) is 0 Å². The fourth-order valence-electron chi connectivity index (χ4n) is 2.59. The molecule has 2 rings (SSSR count). The maximum absolute atomic E-state index is 12.3. The minimum Gasteiger partial charge on any atom is -0.454 e. The zero-order valence-electron chi connectivity index (χ0n) is 14.9. The summed E-state index contributed by atoms with van der Waals surface area (Å²) >= 11 is 0. The molecule has 0 aliphatic carbocycles. The van der Waals surface area contributed by atoms with Crippen LogP contribution in [-0.2, 0) is 16.1 Å². The molecule has 8 nitrogen and oxygen atoms in total. The summed E-state index contributed by atoms with van der Waals surface area (Å²) in [6.07, 6.45) is 3.25. The van der Waals surface area contributed by atoms with Crippen LogP contribution in [0, 0.1) is 24.0 Å². The Labute approximate surface area is 150 Å².